The van der Waals surface area contributed by atoms with Gasteiger partial charge in [0.25, 0.3) is 0 Å². The number of halogens is 7. The zero-order valence-corrected chi connectivity index (χ0v) is 13.6. The van der Waals surface area contributed by atoms with Crippen molar-refractivity contribution in [2.45, 2.75) is 23.7 Å². The van der Waals surface area contributed by atoms with Gasteiger partial charge in [0.05, 0.1) is 15.7 Å². The summed E-state index contributed by atoms with van der Waals surface area (Å²) in [5.41, 5.74) is 6.27. The van der Waals surface area contributed by atoms with Gasteiger partial charge in [0.2, 0.25) is 0 Å². The van der Waals surface area contributed by atoms with Crippen LogP contribution in [-0.2, 0) is 0 Å². The summed E-state index contributed by atoms with van der Waals surface area (Å²) >= 11 is 11.5. The lowest BCUT2D eigenvalue weighted by Gasteiger charge is -2.40. The molecular formula is C12H10Cl2F5N3S. The molecule has 23 heavy (non-hydrogen) atoms. The number of nitrogens with zero attached hydrogens (tertiary/aromatic N) is 2. The van der Waals surface area contributed by atoms with Gasteiger partial charge in [0, 0.05) is 12.0 Å². The summed E-state index contributed by atoms with van der Waals surface area (Å²) in [6.45, 7) is 0. The molecule has 1 aromatic carbocycles. The molecule has 1 aliphatic rings. The van der Waals surface area contributed by atoms with Crippen LogP contribution >= 0.6 is 33.4 Å². The Hall–Kier alpha value is -1.19. The van der Waals surface area contributed by atoms with E-state index in [1.807, 2.05) is 0 Å². The van der Waals surface area contributed by atoms with Gasteiger partial charge in [0.15, 0.2) is 0 Å². The molecule has 128 valence electrons. The zero-order valence-electron chi connectivity index (χ0n) is 11.2. The van der Waals surface area contributed by atoms with E-state index in [0.29, 0.717) is 5.69 Å². The van der Waals surface area contributed by atoms with Crippen molar-refractivity contribution in [1.82, 2.24) is 9.78 Å². The molecule has 1 aromatic heterocycles. The van der Waals surface area contributed by atoms with E-state index in [1.165, 1.54) is 0 Å². The van der Waals surface area contributed by atoms with Crippen molar-refractivity contribution in [2.75, 3.05) is 5.73 Å². The molecule has 0 radical (unpaired) electrons. The molecule has 0 amide bonds. The molecule has 11 heteroatoms. The van der Waals surface area contributed by atoms with Crippen molar-refractivity contribution in [3.8, 4) is 5.69 Å². The molecule has 3 nitrogen and oxygen atoms in total. The van der Waals surface area contributed by atoms with Gasteiger partial charge in [-0.25, -0.2) is 4.68 Å². The minimum Gasteiger partial charge on any atom is -0.384 e. The summed E-state index contributed by atoms with van der Waals surface area (Å²) in [4.78, 5) is -2.16. The minimum absolute atomic E-state index is 0.107. The first-order chi connectivity index (χ1) is 10.3. The summed E-state index contributed by atoms with van der Waals surface area (Å²) in [7, 11) is -9.88. The first kappa shape index (κ1) is 16.7. The lowest BCUT2D eigenvalue weighted by atomic mass is 10.3. The average molecular weight is 394 g/mol. The standard InChI is InChI=1S/C12H10Cl2F5N3S/c13-8-3-7(23(15,16,17,18)19)4-9(14)12(8)22-11(20)5-10(21-22)6-1-2-6/h3-6H,1-2,20H2. The Morgan fingerprint density at radius 2 is 1.57 bits per heavy atom. The van der Waals surface area contributed by atoms with Gasteiger partial charge in [-0.3, -0.25) is 0 Å². The average Bonchev–Trinajstić information content (AvgIpc) is 3.11. The summed E-state index contributed by atoms with van der Waals surface area (Å²) in [6.07, 6.45) is 1.86. The second-order valence-electron chi connectivity index (χ2n) is 5.38. The number of benzene rings is 1. The SMILES string of the molecule is Nc1cc(C2CC2)nn1-c1c(Cl)cc(S(F)(F)(F)(F)F)cc1Cl. The van der Waals surface area contributed by atoms with Crippen LogP contribution in [0, 0.1) is 0 Å². The van der Waals surface area contributed by atoms with Gasteiger partial charge in [-0.1, -0.05) is 42.6 Å². The Morgan fingerprint density at radius 3 is 2.00 bits per heavy atom. The number of aromatic nitrogens is 2. The summed E-state index contributed by atoms with van der Waals surface area (Å²) in [5.74, 6) is 0.343. The molecule has 2 aromatic rings. The monoisotopic (exact) mass is 393 g/mol. The predicted octanol–water partition coefficient (Wildman–Crippen LogP) is 6.30. The summed E-state index contributed by atoms with van der Waals surface area (Å²) < 4.78 is 65.4. The van der Waals surface area contributed by atoms with Crippen molar-refractivity contribution < 1.29 is 19.4 Å². The van der Waals surface area contributed by atoms with Crippen molar-refractivity contribution in [1.29, 1.82) is 0 Å². The Labute approximate surface area is 137 Å². The first-order valence-electron chi connectivity index (χ1n) is 6.35. The molecule has 1 fully saturated rings. The van der Waals surface area contributed by atoms with E-state index < -0.39 is 25.2 Å². The third-order valence-electron chi connectivity index (χ3n) is 3.40. The van der Waals surface area contributed by atoms with E-state index in [-0.39, 0.29) is 29.6 Å². The second-order valence-corrected chi connectivity index (χ2v) is 8.61. The molecular weight excluding hydrogens is 384 g/mol. The van der Waals surface area contributed by atoms with Crippen LogP contribution in [0.25, 0.3) is 5.69 Å². The van der Waals surface area contributed by atoms with Gasteiger partial charge in [-0.15, -0.1) is 0 Å². The summed E-state index contributed by atoms with van der Waals surface area (Å²) in [5, 5.41) is 2.93. The Bertz CT molecular complexity index is 791. The Kier molecular flexibility index (Phi) is 3.08. The highest BCUT2D eigenvalue weighted by atomic mass is 35.5. The van der Waals surface area contributed by atoms with E-state index in [1.54, 1.807) is 6.07 Å². The normalized spacial score (nSPS) is 18.6. The molecule has 0 bridgehead atoms. The topological polar surface area (TPSA) is 43.8 Å². The van der Waals surface area contributed by atoms with Crippen molar-refractivity contribution in [3.63, 3.8) is 0 Å². The highest BCUT2D eigenvalue weighted by molar-refractivity contribution is 8.45. The van der Waals surface area contributed by atoms with Gasteiger partial charge >= 0.3 is 10.2 Å². The summed E-state index contributed by atoms with van der Waals surface area (Å²) in [6, 6.07) is 1.84. The molecule has 0 atom stereocenters. The van der Waals surface area contributed by atoms with Crippen LogP contribution in [0.15, 0.2) is 23.1 Å². The number of rotatable bonds is 3. The van der Waals surface area contributed by atoms with Crippen LogP contribution in [0.1, 0.15) is 24.5 Å². The molecule has 1 saturated carbocycles. The van der Waals surface area contributed by atoms with Crippen LogP contribution < -0.4 is 5.73 Å². The first-order valence-corrected chi connectivity index (χ1v) is 9.06. The third kappa shape index (κ3) is 3.22. The lowest BCUT2D eigenvalue weighted by molar-refractivity contribution is 0.364. The molecule has 0 spiro atoms. The van der Waals surface area contributed by atoms with Crippen LogP contribution in [-0.4, -0.2) is 9.78 Å². The van der Waals surface area contributed by atoms with E-state index >= 15 is 0 Å². The lowest BCUT2D eigenvalue weighted by Crippen LogP contribution is -2.09. The second kappa shape index (κ2) is 4.25. The quantitative estimate of drug-likeness (QED) is 0.622. The largest absolute Gasteiger partial charge is 0.384 e. The highest BCUT2D eigenvalue weighted by Crippen LogP contribution is 3.02. The van der Waals surface area contributed by atoms with E-state index in [9.17, 15) is 19.4 Å². The number of nitrogen functional groups attached to an aromatic ring is 1. The van der Waals surface area contributed by atoms with Crippen LogP contribution in [0.5, 0.6) is 0 Å². The number of nitrogens with two attached hydrogens (primary N) is 1. The minimum atomic E-state index is -9.88. The Balaban J connectivity index is 2.16. The predicted molar refractivity (Wildman–Crippen MR) is 81.4 cm³/mol. The molecule has 2 N–H and O–H groups in total. The molecule has 1 heterocycles. The van der Waals surface area contributed by atoms with Crippen LogP contribution in [0.3, 0.4) is 0 Å². The third-order valence-corrected chi connectivity index (χ3v) is 5.10. The molecule has 0 aliphatic heterocycles. The molecule has 0 saturated heterocycles. The molecule has 0 unspecified atom stereocenters. The maximum atomic E-state index is 12.9. The molecule has 3 rings (SSSR count). The molecule has 1 aliphatic carbocycles. The van der Waals surface area contributed by atoms with Crippen LogP contribution in [0.4, 0.5) is 25.2 Å². The number of anilines is 1. The van der Waals surface area contributed by atoms with Gasteiger partial charge in [-0.05, 0) is 25.0 Å². The van der Waals surface area contributed by atoms with Crippen LogP contribution in [0.2, 0.25) is 10.0 Å². The van der Waals surface area contributed by atoms with E-state index in [2.05, 4.69) is 5.10 Å². The van der Waals surface area contributed by atoms with Crippen molar-refractivity contribution >= 4 is 39.2 Å². The van der Waals surface area contributed by atoms with E-state index in [4.69, 9.17) is 28.9 Å². The Morgan fingerprint density at radius 1 is 1.04 bits per heavy atom. The van der Waals surface area contributed by atoms with Crippen molar-refractivity contribution in [2.24, 2.45) is 0 Å². The highest BCUT2D eigenvalue weighted by Gasteiger charge is 2.65. The van der Waals surface area contributed by atoms with Gasteiger partial charge in [0.1, 0.15) is 16.4 Å². The van der Waals surface area contributed by atoms with Gasteiger partial charge < -0.3 is 5.73 Å². The smallest absolute Gasteiger partial charge is 0.310 e. The maximum absolute atomic E-state index is 12.9. The maximum Gasteiger partial charge on any atom is 0.310 e. The zero-order chi connectivity index (χ0) is 17.3. The fraction of sp³-hybridized carbons (Fsp3) is 0.250. The van der Waals surface area contributed by atoms with Gasteiger partial charge in [-0.2, -0.15) is 5.10 Å². The fourth-order valence-corrected chi connectivity index (χ4v) is 3.60. The number of hydrogen-bond donors (Lipinski definition) is 1. The number of hydrogen-bond acceptors (Lipinski definition) is 2. The fourth-order valence-electron chi connectivity index (χ4n) is 2.14. The van der Waals surface area contributed by atoms with E-state index in [0.717, 1.165) is 17.5 Å². The van der Waals surface area contributed by atoms with Crippen molar-refractivity contribution in [3.05, 3.63) is 33.9 Å².